The minimum atomic E-state index is -4.62. The van der Waals surface area contributed by atoms with Crippen molar-refractivity contribution in [3.63, 3.8) is 0 Å². The van der Waals surface area contributed by atoms with E-state index in [1.165, 1.54) is 10.9 Å². The molecule has 202 valence electrons. The zero-order valence-electron chi connectivity index (χ0n) is 21.8. The molecule has 0 unspecified atom stereocenters. The lowest BCUT2D eigenvalue weighted by molar-refractivity contribution is -0.0688. The fourth-order valence-corrected chi connectivity index (χ4v) is 4.80. The number of fused-ring (bicyclic) bond motifs is 1. The van der Waals surface area contributed by atoms with Gasteiger partial charge in [-0.25, -0.2) is 4.98 Å². The molecule has 0 radical (unpaired) electrons. The van der Waals surface area contributed by atoms with Crippen LogP contribution in [0.3, 0.4) is 0 Å². The van der Waals surface area contributed by atoms with Gasteiger partial charge in [0.25, 0.3) is 5.91 Å². The van der Waals surface area contributed by atoms with Crippen LogP contribution in [0.4, 0.5) is 18.9 Å². The molecule has 2 aromatic heterocycles. The van der Waals surface area contributed by atoms with E-state index in [2.05, 4.69) is 46.3 Å². The average Bonchev–Trinajstić information content (AvgIpc) is 3.32. The number of benzene rings is 1. The molecule has 1 aliphatic rings. The highest BCUT2D eigenvalue weighted by molar-refractivity contribution is 6.01. The summed E-state index contributed by atoms with van der Waals surface area (Å²) in [6.07, 6.45) is 5.79. The average molecular weight is 527 g/mol. The van der Waals surface area contributed by atoms with Crippen molar-refractivity contribution in [1.82, 2.24) is 25.0 Å². The normalized spacial score (nSPS) is 18.3. The van der Waals surface area contributed by atoms with Gasteiger partial charge in [-0.05, 0) is 58.0 Å². The Hall–Kier alpha value is -3.66. The minimum absolute atomic E-state index is 0.179. The predicted octanol–water partition coefficient (Wildman–Crippen LogP) is 5.27. The van der Waals surface area contributed by atoms with Crippen LogP contribution < -0.4 is 10.6 Å². The molecular formula is C28H33F3N6O. The summed E-state index contributed by atoms with van der Waals surface area (Å²) < 4.78 is 42.6. The molecule has 0 spiro atoms. The molecule has 2 N–H and O–H groups in total. The van der Waals surface area contributed by atoms with E-state index in [4.69, 9.17) is 0 Å². The van der Waals surface area contributed by atoms with Gasteiger partial charge in [0.1, 0.15) is 0 Å². The number of hydrogen-bond donors (Lipinski definition) is 2. The molecule has 38 heavy (non-hydrogen) atoms. The van der Waals surface area contributed by atoms with Crippen LogP contribution in [0.5, 0.6) is 0 Å². The Kier molecular flexibility index (Phi) is 8.20. The molecule has 1 amide bonds. The van der Waals surface area contributed by atoms with Crippen LogP contribution in [-0.2, 0) is 7.05 Å². The molecule has 3 aromatic rings. The Morgan fingerprint density at radius 2 is 1.95 bits per heavy atom. The first-order chi connectivity index (χ1) is 18.0. The van der Waals surface area contributed by atoms with Gasteiger partial charge >= 0.3 is 6.18 Å². The van der Waals surface area contributed by atoms with E-state index in [1.54, 1.807) is 43.6 Å². The lowest BCUT2D eigenvalue weighted by atomic mass is 9.90. The highest BCUT2D eigenvalue weighted by Gasteiger charge is 2.35. The molecule has 7 nitrogen and oxygen atoms in total. The number of rotatable bonds is 8. The Bertz CT molecular complexity index is 1340. The Labute approximate surface area is 220 Å². The van der Waals surface area contributed by atoms with Crippen molar-refractivity contribution in [3.8, 4) is 0 Å². The first-order valence-corrected chi connectivity index (χ1v) is 12.6. The highest BCUT2D eigenvalue weighted by Crippen LogP contribution is 2.37. The Balaban J connectivity index is 1.59. The van der Waals surface area contributed by atoms with Crippen molar-refractivity contribution >= 4 is 34.0 Å². The number of anilines is 1. The third-order valence-corrected chi connectivity index (χ3v) is 6.95. The van der Waals surface area contributed by atoms with Gasteiger partial charge in [-0.1, -0.05) is 24.8 Å². The summed E-state index contributed by atoms with van der Waals surface area (Å²) >= 11 is 0. The molecule has 4 rings (SSSR count). The van der Waals surface area contributed by atoms with E-state index in [-0.39, 0.29) is 24.2 Å². The second-order valence-electron chi connectivity index (χ2n) is 9.90. The van der Waals surface area contributed by atoms with Crippen molar-refractivity contribution in [2.24, 2.45) is 7.05 Å². The van der Waals surface area contributed by atoms with Gasteiger partial charge in [0, 0.05) is 48.3 Å². The van der Waals surface area contributed by atoms with Gasteiger partial charge in [-0.3, -0.25) is 9.48 Å². The molecule has 0 atom stereocenters. The summed E-state index contributed by atoms with van der Waals surface area (Å²) in [5.41, 5.74) is 0.345. The predicted molar refractivity (Wildman–Crippen MR) is 145 cm³/mol. The first-order valence-electron chi connectivity index (χ1n) is 12.6. The van der Waals surface area contributed by atoms with Crippen molar-refractivity contribution < 1.29 is 18.0 Å². The summed E-state index contributed by atoms with van der Waals surface area (Å²) in [7, 11) is 5.89. The van der Waals surface area contributed by atoms with Crippen molar-refractivity contribution in [2.75, 3.05) is 26.0 Å². The number of hydrogen-bond acceptors (Lipinski definition) is 5. The third-order valence-electron chi connectivity index (χ3n) is 6.95. The summed E-state index contributed by atoms with van der Waals surface area (Å²) in [5, 5.41) is 11.3. The van der Waals surface area contributed by atoms with Crippen LogP contribution >= 0.6 is 0 Å². The molecule has 2 heterocycles. The van der Waals surface area contributed by atoms with Crippen molar-refractivity contribution in [2.45, 2.75) is 43.9 Å². The number of carbonyl (C=O) groups excluding carboxylic acids is 1. The molecule has 0 bridgehead atoms. The van der Waals surface area contributed by atoms with E-state index in [1.807, 2.05) is 6.07 Å². The molecule has 1 aromatic carbocycles. The highest BCUT2D eigenvalue weighted by atomic mass is 19.4. The maximum Gasteiger partial charge on any atom is 0.417 e. The SMILES string of the molecule is C=C(c1nc(/C=C/CNC(=O)c2cnn(C)c2)cc2c(NC3CCC(N(C)C)CC3)cccc12)C(F)(F)F. The minimum Gasteiger partial charge on any atom is -0.382 e. The zero-order valence-corrected chi connectivity index (χ0v) is 21.8. The number of halogens is 3. The maximum atomic E-state index is 13.7. The fourth-order valence-electron chi connectivity index (χ4n) is 4.80. The second kappa shape index (κ2) is 11.4. The van der Waals surface area contributed by atoms with Gasteiger partial charge in [0.05, 0.1) is 28.7 Å². The number of allylic oxidation sites excluding steroid dienone is 1. The van der Waals surface area contributed by atoms with Crippen LogP contribution in [0.15, 0.2) is 49.3 Å². The summed E-state index contributed by atoms with van der Waals surface area (Å²) in [5.74, 6) is -0.296. The molecule has 0 saturated heterocycles. The lowest BCUT2D eigenvalue weighted by Gasteiger charge is -2.33. The number of alkyl halides is 3. The Morgan fingerprint density at radius 3 is 2.58 bits per heavy atom. The van der Waals surface area contributed by atoms with Crippen LogP contribution in [-0.4, -0.2) is 64.5 Å². The summed E-state index contributed by atoms with van der Waals surface area (Å²) in [6, 6.07) is 7.83. The summed E-state index contributed by atoms with van der Waals surface area (Å²) in [4.78, 5) is 18.8. The quantitative estimate of drug-likeness (QED) is 0.418. The van der Waals surface area contributed by atoms with Crippen molar-refractivity contribution in [1.29, 1.82) is 0 Å². The molecular weight excluding hydrogens is 493 g/mol. The van der Waals surface area contributed by atoms with Crippen LogP contribution in [0, 0.1) is 0 Å². The van der Waals surface area contributed by atoms with Gasteiger partial charge in [0.2, 0.25) is 0 Å². The van der Waals surface area contributed by atoms with Gasteiger partial charge in [-0.2, -0.15) is 18.3 Å². The zero-order chi connectivity index (χ0) is 27.4. The fraction of sp³-hybridized carbons (Fsp3) is 0.393. The lowest BCUT2D eigenvalue weighted by Crippen LogP contribution is -2.36. The number of amides is 1. The van der Waals surface area contributed by atoms with E-state index >= 15 is 0 Å². The maximum absolute atomic E-state index is 13.7. The molecule has 1 saturated carbocycles. The van der Waals surface area contributed by atoms with E-state index in [9.17, 15) is 18.0 Å². The first kappa shape index (κ1) is 27.4. The van der Waals surface area contributed by atoms with Gasteiger partial charge in [0.15, 0.2) is 0 Å². The van der Waals surface area contributed by atoms with Crippen LogP contribution in [0.1, 0.15) is 47.4 Å². The van der Waals surface area contributed by atoms with Gasteiger partial charge < -0.3 is 15.5 Å². The summed E-state index contributed by atoms with van der Waals surface area (Å²) in [6.45, 7) is 3.49. The van der Waals surface area contributed by atoms with Gasteiger partial charge in [-0.15, -0.1) is 0 Å². The second-order valence-corrected chi connectivity index (χ2v) is 9.90. The topological polar surface area (TPSA) is 75.1 Å². The number of aryl methyl sites for hydroxylation is 1. The molecule has 1 aliphatic carbocycles. The van der Waals surface area contributed by atoms with Crippen molar-refractivity contribution in [3.05, 3.63) is 66.3 Å². The third kappa shape index (κ3) is 6.42. The number of aromatic nitrogens is 3. The largest absolute Gasteiger partial charge is 0.417 e. The standard InChI is InChI=1S/C28H33F3N6O/c1-18(28(29,30)31)26-23-8-5-9-25(34-20-10-12-22(13-11-20)36(2)3)24(23)15-21(35-26)7-6-14-32-27(38)19-16-33-37(4)17-19/h5-9,15-17,20,22,34H,1,10-14H2,2-4H3,(H,32,38)/b7-6+. The van der Waals surface area contributed by atoms with E-state index in [0.717, 1.165) is 31.4 Å². The number of pyridine rings is 1. The molecule has 1 fully saturated rings. The number of nitrogens with zero attached hydrogens (tertiary/aromatic N) is 4. The van der Waals surface area contributed by atoms with E-state index < -0.39 is 11.7 Å². The monoisotopic (exact) mass is 526 g/mol. The Morgan fingerprint density at radius 1 is 1.21 bits per heavy atom. The molecule has 10 heteroatoms. The smallest absolute Gasteiger partial charge is 0.382 e. The van der Waals surface area contributed by atoms with Crippen LogP contribution in [0.25, 0.3) is 22.4 Å². The number of nitrogens with one attached hydrogen (secondary N) is 2. The number of carbonyl (C=O) groups is 1. The van der Waals surface area contributed by atoms with E-state index in [0.29, 0.717) is 28.1 Å². The van der Waals surface area contributed by atoms with Crippen LogP contribution in [0.2, 0.25) is 0 Å². The molecule has 0 aliphatic heterocycles.